The van der Waals surface area contributed by atoms with Crippen molar-refractivity contribution < 1.29 is 0 Å². The molecule has 0 heterocycles. The zero-order valence-corrected chi connectivity index (χ0v) is 7.23. The van der Waals surface area contributed by atoms with E-state index < -0.39 is 0 Å². The molecule has 0 amide bonds. The molecule has 0 rings (SSSR count). The molecule has 0 atom stereocenters. The Bertz CT molecular complexity index is 55.1. The molecule has 0 N–H and O–H groups in total. The Morgan fingerprint density at radius 2 is 1.70 bits per heavy atom. The zero-order valence-electron chi connectivity index (χ0n) is 7.23. The Morgan fingerprint density at radius 1 is 1.10 bits per heavy atom. The number of hydrogen-bond donors (Lipinski definition) is 0. The van der Waals surface area contributed by atoms with Crippen molar-refractivity contribution in [1.82, 2.24) is 0 Å². The van der Waals surface area contributed by atoms with Gasteiger partial charge < -0.3 is 0 Å². The Morgan fingerprint density at radius 3 is 2.10 bits per heavy atom. The van der Waals surface area contributed by atoms with E-state index in [9.17, 15) is 0 Å². The van der Waals surface area contributed by atoms with Crippen molar-refractivity contribution in [3.05, 3.63) is 25.8 Å². The Labute approximate surface area is 65.7 Å². The predicted molar refractivity (Wildman–Crippen MR) is 50.2 cm³/mol. The van der Waals surface area contributed by atoms with Crippen molar-refractivity contribution >= 4 is 0 Å². The lowest BCUT2D eigenvalue weighted by molar-refractivity contribution is 0.675. The molecule has 0 aromatic carbocycles. The van der Waals surface area contributed by atoms with E-state index in [-0.39, 0.29) is 0 Å². The Balaban J connectivity index is 0. The van der Waals surface area contributed by atoms with Gasteiger partial charge in [-0.1, -0.05) is 32.3 Å². The third-order valence-electron chi connectivity index (χ3n) is 1.26. The molecular weight excluding hydrogens is 120 g/mol. The van der Waals surface area contributed by atoms with Crippen LogP contribution in [0, 0.1) is 0 Å². The first kappa shape index (κ1) is 12.2. The molecule has 0 aliphatic heterocycles. The summed E-state index contributed by atoms with van der Waals surface area (Å²) < 4.78 is 0. The fourth-order valence-corrected chi connectivity index (χ4v) is 0.715. The summed E-state index contributed by atoms with van der Waals surface area (Å²) in [5.74, 6) is 0. The zero-order chi connectivity index (χ0) is 8.24. The largest absolute Gasteiger partial charge is 0.106 e. The summed E-state index contributed by atoms with van der Waals surface area (Å²) in [6, 6.07) is 0. The Hall–Kier alpha value is -0.520. The average molecular weight is 140 g/mol. The quantitative estimate of drug-likeness (QED) is 0.401. The van der Waals surface area contributed by atoms with Crippen LogP contribution < -0.4 is 0 Å². The highest BCUT2D eigenvalue weighted by Gasteiger charge is 1.81. The second kappa shape index (κ2) is 15.8. The minimum absolute atomic E-state index is 1.19. The first-order valence-corrected chi connectivity index (χ1v) is 4.02. The van der Waals surface area contributed by atoms with Gasteiger partial charge in [-0.25, -0.2) is 0 Å². The van der Waals surface area contributed by atoms with E-state index in [1.807, 2.05) is 6.08 Å². The van der Waals surface area contributed by atoms with Gasteiger partial charge in [-0.05, 0) is 12.8 Å². The van der Waals surface area contributed by atoms with Crippen LogP contribution in [-0.4, -0.2) is 0 Å². The van der Waals surface area contributed by atoms with Crippen molar-refractivity contribution in [2.24, 2.45) is 0 Å². The molecule has 0 aliphatic carbocycles. The summed E-state index contributed by atoms with van der Waals surface area (Å²) in [5, 5.41) is 0. The minimum Gasteiger partial charge on any atom is -0.106 e. The van der Waals surface area contributed by atoms with Crippen molar-refractivity contribution in [3.63, 3.8) is 0 Å². The first-order valence-electron chi connectivity index (χ1n) is 4.02. The van der Waals surface area contributed by atoms with E-state index >= 15 is 0 Å². The van der Waals surface area contributed by atoms with Gasteiger partial charge in [0.05, 0.1) is 0 Å². The van der Waals surface area contributed by atoms with Gasteiger partial charge in [0, 0.05) is 0 Å². The lowest BCUT2D eigenvalue weighted by Crippen LogP contribution is -1.71. The predicted octanol–water partition coefficient (Wildman–Crippen LogP) is 3.95. The van der Waals surface area contributed by atoms with Crippen LogP contribution in [0.5, 0.6) is 0 Å². The summed E-state index contributed by atoms with van der Waals surface area (Å²) in [6.07, 6.45) is 8.61. The summed E-state index contributed by atoms with van der Waals surface area (Å²) in [5.41, 5.74) is 0. The molecule has 0 saturated carbocycles. The van der Waals surface area contributed by atoms with Gasteiger partial charge in [-0.2, -0.15) is 0 Å². The van der Waals surface area contributed by atoms with Gasteiger partial charge in [-0.3, -0.25) is 0 Å². The molecule has 0 aromatic rings. The van der Waals surface area contributed by atoms with Crippen molar-refractivity contribution in [3.8, 4) is 0 Å². The first-order chi connectivity index (χ1) is 4.91. The van der Waals surface area contributed by atoms with E-state index in [1.165, 1.54) is 32.1 Å². The fraction of sp³-hybridized carbons (Fsp3) is 0.600. The van der Waals surface area contributed by atoms with Gasteiger partial charge in [0.1, 0.15) is 0 Å². The maximum Gasteiger partial charge on any atom is -0.0353 e. The monoisotopic (exact) mass is 140 g/mol. The molecular formula is C10H20. The van der Waals surface area contributed by atoms with Gasteiger partial charge in [0.2, 0.25) is 0 Å². The van der Waals surface area contributed by atoms with Crippen LogP contribution in [0.2, 0.25) is 0 Å². The third kappa shape index (κ3) is 15.6. The summed E-state index contributed by atoms with van der Waals surface area (Å²) in [4.78, 5) is 0. The van der Waals surface area contributed by atoms with Crippen molar-refractivity contribution in [2.45, 2.75) is 39.0 Å². The molecule has 0 fully saturated rings. The van der Waals surface area contributed by atoms with Gasteiger partial charge in [-0.15, -0.1) is 19.7 Å². The standard InChI is InChI=1S/C8H16.C2H4/c1-3-5-7-8-6-4-2;1-2/h3H,1,4-8H2,2H3;1-2H2. The maximum absolute atomic E-state index is 3.66. The van der Waals surface area contributed by atoms with Gasteiger partial charge in [0.25, 0.3) is 0 Å². The van der Waals surface area contributed by atoms with Crippen LogP contribution in [0.3, 0.4) is 0 Å². The lowest BCUT2D eigenvalue weighted by Gasteiger charge is -1.91. The van der Waals surface area contributed by atoms with Crippen LogP contribution in [0.1, 0.15) is 39.0 Å². The van der Waals surface area contributed by atoms with E-state index in [0.29, 0.717) is 0 Å². The molecule has 0 spiro atoms. The maximum atomic E-state index is 3.66. The summed E-state index contributed by atoms with van der Waals surface area (Å²) >= 11 is 0. The molecule has 0 nitrogen and oxygen atoms in total. The lowest BCUT2D eigenvalue weighted by atomic mass is 10.2. The van der Waals surface area contributed by atoms with Crippen LogP contribution in [0.15, 0.2) is 25.8 Å². The highest BCUT2D eigenvalue weighted by molar-refractivity contribution is 4.64. The molecule has 10 heavy (non-hydrogen) atoms. The summed E-state index contributed by atoms with van der Waals surface area (Å²) in [6.45, 7) is 11.9. The molecule has 0 saturated heterocycles. The molecule has 0 heteroatoms. The number of allylic oxidation sites excluding steroid dienone is 1. The molecule has 0 bridgehead atoms. The van der Waals surface area contributed by atoms with Crippen LogP contribution in [0.4, 0.5) is 0 Å². The van der Waals surface area contributed by atoms with Crippen molar-refractivity contribution in [2.75, 3.05) is 0 Å². The second-order valence-electron chi connectivity index (χ2n) is 2.14. The summed E-state index contributed by atoms with van der Waals surface area (Å²) in [7, 11) is 0. The fourth-order valence-electron chi connectivity index (χ4n) is 0.715. The highest BCUT2D eigenvalue weighted by Crippen LogP contribution is 2.01. The van der Waals surface area contributed by atoms with Gasteiger partial charge >= 0.3 is 0 Å². The molecule has 0 radical (unpaired) electrons. The minimum atomic E-state index is 1.19. The number of unbranched alkanes of at least 4 members (excludes halogenated alkanes) is 4. The topological polar surface area (TPSA) is 0 Å². The SMILES string of the molecule is C=C.C=CCCCCCC. The molecule has 0 aromatic heterocycles. The van der Waals surface area contributed by atoms with Crippen LogP contribution in [-0.2, 0) is 0 Å². The van der Waals surface area contributed by atoms with E-state index in [1.54, 1.807) is 0 Å². The van der Waals surface area contributed by atoms with Gasteiger partial charge in [0.15, 0.2) is 0 Å². The highest BCUT2D eigenvalue weighted by atomic mass is 13.9. The second-order valence-corrected chi connectivity index (χ2v) is 2.14. The third-order valence-corrected chi connectivity index (χ3v) is 1.26. The van der Waals surface area contributed by atoms with Crippen LogP contribution >= 0.6 is 0 Å². The van der Waals surface area contributed by atoms with Crippen molar-refractivity contribution in [1.29, 1.82) is 0 Å². The normalized spacial score (nSPS) is 7.70. The number of rotatable bonds is 5. The van der Waals surface area contributed by atoms with Crippen LogP contribution in [0.25, 0.3) is 0 Å². The average Bonchev–Trinajstić information content (AvgIpc) is 2.02. The van der Waals surface area contributed by atoms with E-state index in [2.05, 4.69) is 26.7 Å². The molecule has 0 unspecified atom stereocenters. The Kier molecular flexibility index (Phi) is 19.3. The molecule has 60 valence electrons. The van der Waals surface area contributed by atoms with E-state index in [0.717, 1.165) is 0 Å². The smallest absolute Gasteiger partial charge is 0.0353 e. The molecule has 0 aliphatic rings. The number of hydrogen-bond acceptors (Lipinski definition) is 0. The van der Waals surface area contributed by atoms with E-state index in [4.69, 9.17) is 0 Å².